The van der Waals surface area contributed by atoms with Gasteiger partial charge in [0, 0.05) is 17.4 Å². The molecule has 0 radical (unpaired) electrons. The first-order valence-corrected chi connectivity index (χ1v) is 9.29. The molecule has 0 aliphatic carbocycles. The third kappa shape index (κ3) is 3.91. The van der Waals surface area contributed by atoms with Gasteiger partial charge >= 0.3 is 0 Å². The van der Waals surface area contributed by atoms with Crippen LogP contribution in [-0.2, 0) is 0 Å². The molecule has 0 saturated heterocycles. The molecule has 1 N–H and O–H groups in total. The molecule has 3 aromatic carbocycles. The number of carbonyl (C=O) groups is 1. The zero-order valence-electron chi connectivity index (χ0n) is 16.2. The Morgan fingerprint density at radius 3 is 2.50 bits per heavy atom. The van der Waals surface area contributed by atoms with Gasteiger partial charge in [-0.3, -0.25) is 4.79 Å². The lowest BCUT2D eigenvalue weighted by Gasteiger charge is -2.06. The first-order chi connectivity index (χ1) is 14.7. The van der Waals surface area contributed by atoms with Crippen molar-refractivity contribution in [3.63, 3.8) is 0 Å². The van der Waals surface area contributed by atoms with Gasteiger partial charge in [-0.1, -0.05) is 24.3 Å². The molecule has 0 saturated carbocycles. The van der Waals surface area contributed by atoms with Crippen LogP contribution in [0, 0.1) is 11.3 Å². The van der Waals surface area contributed by atoms with Crippen LogP contribution >= 0.6 is 0 Å². The number of aromatic nitrogens is 2. The Bertz CT molecular complexity index is 1220. The van der Waals surface area contributed by atoms with Crippen molar-refractivity contribution in [3.8, 4) is 28.8 Å². The van der Waals surface area contributed by atoms with E-state index < -0.39 is 0 Å². The summed E-state index contributed by atoms with van der Waals surface area (Å²) in [5, 5.41) is 16.6. The molecule has 146 valence electrons. The Hall–Kier alpha value is -4.37. The van der Waals surface area contributed by atoms with Crippen LogP contribution in [0.4, 0.5) is 5.69 Å². The van der Waals surface area contributed by atoms with Crippen molar-refractivity contribution in [3.05, 3.63) is 96.2 Å². The monoisotopic (exact) mass is 394 g/mol. The number of carbonyl (C=O) groups excluding carboxylic acids is 1. The van der Waals surface area contributed by atoms with Crippen molar-refractivity contribution >= 4 is 11.6 Å². The molecule has 1 aromatic heterocycles. The number of methoxy groups -OCH3 is 1. The van der Waals surface area contributed by atoms with E-state index in [-0.39, 0.29) is 5.91 Å². The highest BCUT2D eigenvalue weighted by Crippen LogP contribution is 2.26. The van der Waals surface area contributed by atoms with Crippen molar-refractivity contribution in [1.82, 2.24) is 9.78 Å². The molecule has 6 heteroatoms. The summed E-state index contributed by atoms with van der Waals surface area (Å²) < 4.78 is 6.91. The van der Waals surface area contributed by atoms with Gasteiger partial charge < -0.3 is 10.1 Å². The highest BCUT2D eigenvalue weighted by molar-refractivity contribution is 6.08. The van der Waals surface area contributed by atoms with Crippen LogP contribution in [0.3, 0.4) is 0 Å². The summed E-state index contributed by atoms with van der Waals surface area (Å²) in [6, 6.07) is 25.8. The molecular formula is C24H18N4O2. The maximum Gasteiger partial charge on any atom is 0.259 e. The maximum atomic E-state index is 13.1. The van der Waals surface area contributed by atoms with Crippen molar-refractivity contribution in [1.29, 1.82) is 5.26 Å². The lowest BCUT2D eigenvalue weighted by atomic mass is 10.1. The Kier molecular flexibility index (Phi) is 5.27. The number of benzene rings is 3. The summed E-state index contributed by atoms with van der Waals surface area (Å²) >= 11 is 0. The van der Waals surface area contributed by atoms with E-state index in [1.807, 2.05) is 54.6 Å². The molecule has 0 fully saturated rings. The minimum atomic E-state index is -0.307. The number of nitrogens with one attached hydrogen (secondary N) is 1. The van der Waals surface area contributed by atoms with Crippen molar-refractivity contribution in [2.45, 2.75) is 0 Å². The number of para-hydroxylation sites is 1. The van der Waals surface area contributed by atoms with Gasteiger partial charge in [0.2, 0.25) is 0 Å². The van der Waals surface area contributed by atoms with Gasteiger partial charge in [0.1, 0.15) is 11.4 Å². The van der Waals surface area contributed by atoms with Gasteiger partial charge in [-0.2, -0.15) is 10.4 Å². The van der Waals surface area contributed by atoms with Gasteiger partial charge in [-0.15, -0.1) is 0 Å². The van der Waals surface area contributed by atoms with Gasteiger partial charge in [0.05, 0.1) is 30.0 Å². The number of nitriles is 1. The minimum absolute atomic E-state index is 0.307. The molecule has 1 heterocycles. The van der Waals surface area contributed by atoms with E-state index in [0.29, 0.717) is 22.5 Å². The molecule has 0 aliphatic heterocycles. The van der Waals surface area contributed by atoms with Crippen molar-refractivity contribution in [2.24, 2.45) is 0 Å². The van der Waals surface area contributed by atoms with E-state index in [4.69, 9.17) is 10.00 Å². The molecule has 0 aliphatic rings. The SMILES string of the molecule is COc1ccc(-c2nn(-c3ccccc3)cc2C(=O)Nc2cccc(C#N)c2)cc1. The second kappa shape index (κ2) is 8.33. The van der Waals surface area contributed by atoms with E-state index in [9.17, 15) is 4.79 Å². The third-order valence-electron chi connectivity index (χ3n) is 4.59. The number of amides is 1. The number of hydrogen-bond donors (Lipinski definition) is 1. The average Bonchev–Trinajstić information content (AvgIpc) is 3.25. The van der Waals surface area contributed by atoms with Crippen LogP contribution in [0.2, 0.25) is 0 Å². The topological polar surface area (TPSA) is 79.9 Å². The van der Waals surface area contributed by atoms with E-state index >= 15 is 0 Å². The molecule has 1 amide bonds. The van der Waals surface area contributed by atoms with Gasteiger partial charge in [0.25, 0.3) is 5.91 Å². The quantitative estimate of drug-likeness (QED) is 0.533. The molecule has 4 rings (SSSR count). The fraction of sp³-hybridized carbons (Fsp3) is 0.0417. The molecule has 30 heavy (non-hydrogen) atoms. The standard InChI is InChI=1S/C24H18N4O2/c1-30-21-12-10-18(11-13-21)23-22(16-28(27-23)20-8-3-2-4-9-20)24(29)26-19-7-5-6-17(14-19)15-25/h2-14,16H,1H3,(H,26,29). The highest BCUT2D eigenvalue weighted by Gasteiger charge is 2.19. The van der Waals surface area contributed by atoms with Gasteiger partial charge in [-0.05, 0) is 54.6 Å². The molecule has 6 nitrogen and oxygen atoms in total. The summed E-state index contributed by atoms with van der Waals surface area (Å²) in [7, 11) is 1.60. The van der Waals surface area contributed by atoms with Crippen LogP contribution in [0.1, 0.15) is 15.9 Å². The normalized spacial score (nSPS) is 10.3. The number of hydrogen-bond acceptors (Lipinski definition) is 4. The van der Waals surface area contributed by atoms with Crippen LogP contribution in [-0.4, -0.2) is 22.8 Å². The number of rotatable bonds is 5. The Labute approximate surface area is 174 Å². The van der Waals surface area contributed by atoms with E-state index in [2.05, 4.69) is 16.5 Å². The summed E-state index contributed by atoms with van der Waals surface area (Å²) in [4.78, 5) is 13.1. The van der Waals surface area contributed by atoms with Crippen molar-refractivity contribution < 1.29 is 9.53 Å². The predicted octanol–water partition coefficient (Wildman–Crippen LogP) is 4.67. The van der Waals surface area contributed by atoms with Gasteiger partial charge in [-0.25, -0.2) is 4.68 Å². The van der Waals surface area contributed by atoms with Crippen LogP contribution < -0.4 is 10.1 Å². The fourth-order valence-corrected chi connectivity index (χ4v) is 3.08. The Morgan fingerprint density at radius 1 is 1.03 bits per heavy atom. The van der Waals surface area contributed by atoms with E-state index in [0.717, 1.165) is 17.0 Å². The van der Waals surface area contributed by atoms with E-state index in [1.54, 1.807) is 42.3 Å². The Balaban J connectivity index is 1.75. The highest BCUT2D eigenvalue weighted by atomic mass is 16.5. The largest absolute Gasteiger partial charge is 0.497 e. The molecule has 0 spiro atoms. The first-order valence-electron chi connectivity index (χ1n) is 9.29. The second-order valence-corrected chi connectivity index (χ2v) is 6.55. The lowest BCUT2D eigenvalue weighted by molar-refractivity contribution is 0.102. The molecule has 0 unspecified atom stereocenters. The fourth-order valence-electron chi connectivity index (χ4n) is 3.08. The molecule has 0 bridgehead atoms. The Morgan fingerprint density at radius 2 is 1.80 bits per heavy atom. The van der Waals surface area contributed by atoms with Crippen LogP contribution in [0.15, 0.2) is 85.1 Å². The van der Waals surface area contributed by atoms with Crippen molar-refractivity contribution in [2.75, 3.05) is 12.4 Å². The predicted molar refractivity (Wildman–Crippen MR) is 115 cm³/mol. The summed E-state index contributed by atoms with van der Waals surface area (Å²) in [6.07, 6.45) is 1.71. The smallest absolute Gasteiger partial charge is 0.259 e. The molecule has 4 aromatic rings. The molecule has 0 atom stereocenters. The zero-order chi connectivity index (χ0) is 20.9. The van der Waals surface area contributed by atoms with Crippen LogP contribution in [0.5, 0.6) is 5.75 Å². The second-order valence-electron chi connectivity index (χ2n) is 6.55. The zero-order valence-corrected chi connectivity index (χ0v) is 16.2. The van der Waals surface area contributed by atoms with Gasteiger partial charge in [0.15, 0.2) is 0 Å². The average molecular weight is 394 g/mol. The number of anilines is 1. The maximum absolute atomic E-state index is 13.1. The van der Waals surface area contributed by atoms with E-state index in [1.165, 1.54) is 0 Å². The first kappa shape index (κ1) is 19.0. The number of nitrogens with zero attached hydrogens (tertiary/aromatic N) is 3. The summed E-state index contributed by atoms with van der Waals surface area (Å²) in [5.41, 5.74) is 3.64. The summed E-state index contributed by atoms with van der Waals surface area (Å²) in [5.74, 6) is 0.415. The minimum Gasteiger partial charge on any atom is -0.497 e. The van der Waals surface area contributed by atoms with Crippen LogP contribution in [0.25, 0.3) is 16.9 Å². The third-order valence-corrected chi connectivity index (χ3v) is 4.59. The lowest BCUT2D eigenvalue weighted by Crippen LogP contribution is -2.12. The summed E-state index contributed by atoms with van der Waals surface area (Å²) in [6.45, 7) is 0. The number of ether oxygens (including phenoxy) is 1. The molecular weight excluding hydrogens is 376 g/mol.